The van der Waals surface area contributed by atoms with Crippen LogP contribution in [0.3, 0.4) is 0 Å². The Morgan fingerprint density at radius 3 is 1.19 bits per heavy atom. The zero-order valence-corrected chi connectivity index (χ0v) is 18.5. The first kappa shape index (κ1) is 27.4. The molecule has 0 atom stereocenters. The van der Waals surface area contributed by atoms with Gasteiger partial charge in [-0.1, -0.05) is 90.4 Å². The molecule has 0 amide bonds. The number of ether oxygens (including phenoxy) is 1. The number of carbonyl (C=O) groups excluding carboxylic acids is 1. The third kappa shape index (κ3) is 31.0. The first-order valence-corrected chi connectivity index (χ1v) is 10.9. The van der Waals surface area contributed by atoms with Crippen molar-refractivity contribution >= 4 is 6.16 Å². The highest BCUT2D eigenvalue weighted by Gasteiger charge is 2.04. The van der Waals surface area contributed by atoms with Gasteiger partial charge in [0.25, 0.3) is 6.16 Å². The van der Waals surface area contributed by atoms with E-state index >= 15 is 0 Å². The van der Waals surface area contributed by atoms with Crippen LogP contribution in [0.1, 0.15) is 103 Å². The summed E-state index contributed by atoms with van der Waals surface area (Å²) in [7, 11) is 7.92. The number of carboxylic acid groups (broad SMARTS) is 1. The summed E-state index contributed by atoms with van der Waals surface area (Å²) in [6.07, 6.45) is 20.4. The maximum Gasteiger partial charge on any atom is 0.251 e. The fourth-order valence-corrected chi connectivity index (χ4v) is 2.96. The zero-order chi connectivity index (χ0) is 20.1. The Morgan fingerprint density at radius 1 is 0.692 bits per heavy atom. The average Bonchev–Trinajstić information content (AvgIpc) is 2.58. The normalized spacial score (nSPS) is 11.0. The van der Waals surface area contributed by atoms with Gasteiger partial charge in [0.15, 0.2) is 0 Å². The minimum Gasteiger partial charge on any atom is -0.553 e. The van der Waals surface area contributed by atoms with Crippen molar-refractivity contribution < 1.29 is 19.1 Å². The topological polar surface area (TPSA) is 49.4 Å². The van der Waals surface area contributed by atoms with Crippen molar-refractivity contribution in [3.05, 3.63) is 0 Å². The van der Waals surface area contributed by atoms with Crippen molar-refractivity contribution in [2.45, 2.75) is 103 Å². The van der Waals surface area contributed by atoms with Crippen LogP contribution >= 0.6 is 0 Å². The van der Waals surface area contributed by atoms with Gasteiger partial charge in [0.05, 0.1) is 27.7 Å². The smallest absolute Gasteiger partial charge is 0.251 e. The van der Waals surface area contributed by atoms with Gasteiger partial charge < -0.3 is 19.1 Å². The van der Waals surface area contributed by atoms with Gasteiger partial charge in [-0.15, -0.1) is 0 Å². The zero-order valence-electron chi connectivity index (χ0n) is 18.5. The summed E-state index contributed by atoms with van der Waals surface area (Å²) in [5.41, 5.74) is 0. The number of rotatable bonds is 16. The second-order valence-electron chi connectivity index (χ2n) is 8.42. The molecule has 0 aliphatic heterocycles. The average molecular weight is 374 g/mol. The molecule has 4 nitrogen and oxygen atoms in total. The lowest BCUT2D eigenvalue weighted by Crippen LogP contribution is -2.35. The molecule has 0 radical (unpaired) electrons. The summed E-state index contributed by atoms with van der Waals surface area (Å²) in [4.78, 5) is 9.03. The van der Waals surface area contributed by atoms with Crippen LogP contribution < -0.4 is 5.11 Å². The molecule has 0 N–H and O–H groups in total. The summed E-state index contributed by atoms with van der Waals surface area (Å²) in [6, 6.07) is 0. The molecule has 26 heavy (non-hydrogen) atoms. The monoisotopic (exact) mass is 373 g/mol. The lowest BCUT2D eigenvalue weighted by Gasteiger charge is -2.23. The minimum absolute atomic E-state index is 1.04. The SMILES string of the molecule is CCCCCCCCCCCCCCCCC[N+](C)(C)C.COC(=O)[O-]. The summed E-state index contributed by atoms with van der Waals surface area (Å²) < 4.78 is 4.68. The van der Waals surface area contributed by atoms with Gasteiger partial charge in [-0.05, 0) is 12.8 Å². The number of unbranched alkanes of at least 4 members (excludes halogenated alkanes) is 14. The van der Waals surface area contributed by atoms with Crippen LogP contribution in [0.5, 0.6) is 0 Å². The van der Waals surface area contributed by atoms with Crippen LogP contribution in [0.25, 0.3) is 0 Å². The Morgan fingerprint density at radius 2 is 0.962 bits per heavy atom. The molecule has 0 aromatic rings. The van der Waals surface area contributed by atoms with Crippen molar-refractivity contribution in [2.75, 3.05) is 34.8 Å². The highest BCUT2D eigenvalue weighted by atomic mass is 16.6. The predicted molar refractivity (Wildman–Crippen MR) is 110 cm³/mol. The van der Waals surface area contributed by atoms with Crippen LogP contribution in [0.15, 0.2) is 0 Å². The lowest BCUT2D eigenvalue weighted by atomic mass is 10.0. The molecule has 0 unspecified atom stereocenters. The van der Waals surface area contributed by atoms with E-state index in [1.54, 1.807) is 0 Å². The molecule has 0 bridgehead atoms. The first-order chi connectivity index (χ1) is 12.3. The largest absolute Gasteiger partial charge is 0.553 e. The second-order valence-corrected chi connectivity index (χ2v) is 8.42. The Hall–Kier alpha value is -0.770. The number of nitrogens with zero attached hydrogens (tertiary/aromatic N) is 1. The Kier molecular flexibility index (Phi) is 21.7. The third-order valence-electron chi connectivity index (χ3n) is 4.60. The van der Waals surface area contributed by atoms with Crippen molar-refractivity contribution in [1.82, 2.24) is 0 Å². The van der Waals surface area contributed by atoms with Gasteiger partial charge in [-0.25, -0.2) is 0 Å². The number of quaternary nitrogens is 1. The lowest BCUT2D eigenvalue weighted by molar-refractivity contribution is -0.870. The van der Waals surface area contributed by atoms with E-state index in [0.717, 1.165) is 11.6 Å². The molecule has 158 valence electrons. The summed E-state index contributed by atoms with van der Waals surface area (Å²) in [5.74, 6) is 0. The molecule has 0 aliphatic rings. The van der Waals surface area contributed by atoms with Gasteiger partial charge in [0.2, 0.25) is 0 Å². The molecule has 0 aliphatic carbocycles. The summed E-state index contributed by atoms with van der Waals surface area (Å²) in [6.45, 7) is 3.63. The van der Waals surface area contributed by atoms with E-state index in [4.69, 9.17) is 9.90 Å². The van der Waals surface area contributed by atoms with Gasteiger partial charge in [-0.2, -0.15) is 0 Å². The van der Waals surface area contributed by atoms with Crippen LogP contribution in [-0.2, 0) is 4.74 Å². The van der Waals surface area contributed by atoms with Crippen molar-refractivity contribution in [3.63, 3.8) is 0 Å². The Bertz CT molecular complexity index is 288. The maximum absolute atomic E-state index is 9.03. The molecule has 0 rings (SSSR count). The second kappa shape index (κ2) is 20.5. The molecule has 0 saturated carbocycles. The van der Waals surface area contributed by atoms with Gasteiger partial charge >= 0.3 is 0 Å². The molecule has 0 fully saturated rings. The van der Waals surface area contributed by atoms with Crippen LogP contribution in [0.2, 0.25) is 0 Å². The standard InChI is InChI=1S/C20H44N.C2H4O3/c1-5-6-7-8-9-10-11-12-13-14-15-16-17-18-19-20-21(2,3)4;1-5-2(3)4/h5-20H2,1-4H3;1H3,(H,3,4)/q+1;/p-1. The Balaban J connectivity index is 0. The fourth-order valence-electron chi connectivity index (χ4n) is 2.96. The van der Waals surface area contributed by atoms with E-state index in [1.807, 2.05) is 0 Å². The molecule has 0 heterocycles. The van der Waals surface area contributed by atoms with E-state index in [9.17, 15) is 0 Å². The van der Waals surface area contributed by atoms with Crippen molar-refractivity contribution in [3.8, 4) is 0 Å². The van der Waals surface area contributed by atoms with Gasteiger partial charge in [0.1, 0.15) is 0 Å². The predicted octanol–water partition coefficient (Wildman–Crippen LogP) is 5.54. The van der Waals surface area contributed by atoms with E-state index < -0.39 is 6.16 Å². The molecular formula is C22H47NO3. The molecule has 0 aromatic heterocycles. The minimum atomic E-state index is -1.50. The summed E-state index contributed by atoms with van der Waals surface area (Å²) >= 11 is 0. The molecule has 4 heteroatoms. The quantitative estimate of drug-likeness (QED) is 0.203. The van der Waals surface area contributed by atoms with Gasteiger partial charge in [-0.3, -0.25) is 0 Å². The number of hydrogen-bond acceptors (Lipinski definition) is 3. The highest BCUT2D eigenvalue weighted by Crippen LogP contribution is 2.13. The number of methoxy groups -OCH3 is 1. The highest BCUT2D eigenvalue weighted by molar-refractivity contribution is 5.53. The number of carbonyl (C=O) groups is 1. The van der Waals surface area contributed by atoms with E-state index in [0.29, 0.717) is 0 Å². The van der Waals surface area contributed by atoms with E-state index in [1.165, 1.54) is 103 Å². The molecule has 0 aromatic carbocycles. The van der Waals surface area contributed by atoms with Crippen LogP contribution in [0.4, 0.5) is 4.79 Å². The first-order valence-electron chi connectivity index (χ1n) is 10.9. The molecular weight excluding hydrogens is 326 g/mol. The van der Waals surface area contributed by atoms with Crippen molar-refractivity contribution in [2.24, 2.45) is 0 Å². The van der Waals surface area contributed by atoms with Crippen LogP contribution in [-0.4, -0.2) is 45.4 Å². The molecule has 0 saturated heterocycles. The van der Waals surface area contributed by atoms with Gasteiger partial charge in [0, 0.05) is 7.11 Å². The maximum atomic E-state index is 9.03. The third-order valence-corrected chi connectivity index (χ3v) is 4.60. The van der Waals surface area contributed by atoms with E-state index in [2.05, 4.69) is 32.8 Å². The Labute approximate surface area is 163 Å². The van der Waals surface area contributed by atoms with Crippen LogP contribution in [0, 0.1) is 0 Å². The number of hydrogen-bond donors (Lipinski definition) is 0. The molecule has 0 spiro atoms. The summed E-state index contributed by atoms with van der Waals surface area (Å²) in [5, 5.41) is 9.03. The fraction of sp³-hybridized carbons (Fsp3) is 0.955. The van der Waals surface area contributed by atoms with E-state index in [-0.39, 0.29) is 0 Å². The van der Waals surface area contributed by atoms with Crippen molar-refractivity contribution in [1.29, 1.82) is 0 Å².